The minimum Gasteiger partial charge on any atom is -0.337 e. The largest absolute Gasteiger partial charge is 0.433 e. The highest BCUT2D eigenvalue weighted by Gasteiger charge is 2.37. The summed E-state index contributed by atoms with van der Waals surface area (Å²) in [6.45, 7) is 0. The second-order valence-electron chi connectivity index (χ2n) is 11.2. The fourth-order valence-electron chi connectivity index (χ4n) is 5.90. The molecule has 2 saturated carbocycles. The summed E-state index contributed by atoms with van der Waals surface area (Å²) in [5.74, 6) is 1.92. The zero-order valence-electron chi connectivity index (χ0n) is 22.7. The van der Waals surface area contributed by atoms with Crippen molar-refractivity contribution >= 4 is 22.1 Å². The van der Waals surface area contributed by atoms with Gasteiger partial charge in [0.2, 0.25) is 0 Å². The van der Waals surface area contributed by atoms with Gasteiger partial charge in [0.25, 0.3) is 0 Å². The molecule has 2 fully saturated rings. The first kappa shape index (κ1) is 24.3. The van der Waals surface area contributed by atoms with Crippen LogP contribution in [-0.2, 0) is 27.3 Å². The summed E-state index contributed by atoms with van der Waals surface area (Å²) in [5, 5.41) is 9.59. The summed E-state index contributed by atoms with van der Waals surface area (Å²) in [7, 11) is 5.24. The first-order chi connectivity index (χ1) is 19.7. The third kappa shape index (κ3) is 3.87. The van der Waals surface area contributed by atoms with Crippen molar-refractivity contribution in [3.63, 3.8) is 0 Å². The van der Waals surface area contributed by atoms with E-state index in [1.807, 2.05) is 31.4 Å². The molecule has 12 heteroatoms. The number of H-pyrrole nitrogens is 1. The summed E-state index contributed by atoms with van der Waals surface area (Å²) in [6, 6.07) is 8.94. The fraction of sp³-hybridized carbons (Fsp3) is 0.345. The Morgan fingerprint density at radius 1 is 0.902 bits per heavy atom. The summed E-state index contributed by atoms with van der Waals surface area (Å²) < 4.78 is 45.1. The standard InChI is InChI=1S/C29H26F3N9/c1-39-13-16-11-18(22(14-7-8-14)34-26(16)38-39)28-36-24(25(40(28)2)15-9-10-15)17-5-4-6-19-23(17)35-27(33-19)20-12-21(29(30,31)32)41(3)37-20/h4-6,11-15H,7-10H2,1-3H3,(H,33,35). The van der Waals surface area contributed by atoms with Gasteiger partial charge >= 0.3 is 6.18 Å². The number of pyridine rings is 1. The van der Waals surface area contributed by atoms with Crippen molar-refractivity contribution in [2.24, 2.45) is 21.1 Å². The van der Waals surface area contributed by atoms with Crippen LogP contribution in [0.15, 0.2) is 36.5 Å². The van der Waals surface area contributed by atoms with Crippen molar-refractivity contribution < 1.29 is 13.2 Å². The number of benzene rings is 1. The van der Waals surface area contributed by atoms with E-state index in [0.29, 0.717) is 22.9 Å². The Morgan fingerprint density at radius 3 is 2.39 bits per heavy atom. The maximum absolute atomic E-state index is 13.4. The fourth-order valence-corrected chi connectivity index (χ4v) is 5.90. The lowest BCUT2D eigenvalue weighted by atomic mass is 10.1. The van der Waals surface area contributed by atoms with Gasteiger partial charge in [0.1, 0.15) is 17.2 Å². The molecule has 1 N–H and O–H groups in total. The third-order valence-corrected chi connectivity index (χ3v) is 8.13. The van der Waals surface area contributed by atoms with E-state index in [0.717, 1.165) is 81.5 Å². The summed E-state index contributed by atoms with van der Waals surface area (Å²) >= 11 is 0. The Bertz CT molecular complexity index is 2000. The second kappa shape index (κ2) is 8.27. The Morgan fingerprint density at radius 2 is 1.68 bits per heavy atom. The highest BCUT2D eigenvalue weighted by Crippen LogP contribution is 2.49. The summed E-state index contributed by atoms with van der Waals surface area (Å²) in [4.78, 5) is 18.2. The normalized spacial score (nSPS) is 16.0. The molecule has 9 nitrogen and oxygen atoms in total. The zero-order valence-corrected chi connectivity index (χ0v) is 22.7. The smallest absolute Gasteiger partial charge is 0.337 e. The minimum atomic E-state index is -4.51. The van der Waals surface area contributed by atoms with E-state index in [2.05, 4.69) is 32.9 Å². The van der Waals surface area contributed by atoms with Gasteiger partial charge in [-0.3, -0.25) is 9.36 Å². The third-order valence-electron chi connectivity index (χ3n) is 8.13. The topological polar surface area (TPSA) is 95.0 Å². The Kier molecular flexibility index (Phi) is 4.91. The Balaban J connectivity index is 1.30. The van der Waals surface area contributed by atoms with Crippen LogP contribution in [0.5, 0.6) is 0 Å². The number of aromatic nitrogens is 9. The van der Waals surface area contributed by atoms with E-state index in [-0.39, 0.29) is 11.5 Å². The molecule has 0 atom stereocenters. The van der Waals surface area contributed by atoms with Gasteiger partial charge in [-0.2, -0.15) is 23.4 Å². The number of halogens is 3. The van der Waals surface area contributed by atoms with E-state index in [9.17, 15) is 13.2 Å². The molecule has 0 aliphatic heterocycles. The molecule has 0 spiro atoms. The Labute approximate surface area is 232 Å². The number of nitrogens with one attached hydrogen (secondary N) is 1. The van der Waals surface area contributed by atoms with Crippen LogP contribution in [0.1, 0.15) is 54.6 Å². The molecule has 1 aromatic carbocycles. The van der Waals surface area contributed by atoms with Gasteiger partial charge in [0, 0.05) is 61.4 Å². The van der Waals surface area contributed by atoms with E-state index >= 15 is 0 Å². The molecule has 208 valence electrons. The molecule has 41 heavy (non-hydrogen) atoms. The lowest BCUT2D eigenvalue weighted by Gasteiger charge is -2.10. The molecule has 6 aromatic rings. The molecule has 5 heterocycles. The quantitative estimate of drug-likeness (QED) is 0.277. The molecule has 5 aromatic heterocycles. The lowest BCUT2D eigenvalue weighted by molar-refractivity contribution is -0.143. The number of aromatic amines is 1. The number of hydrogen-bond acceptors (Lipinski definition) is 5. The number of rotatable bonds is 5. The summed E-state index contributed by atoms with van der Waals surface area (Å²) in [5.41, 5.74) is 6.29. The number of imidazole rings is 2. The van der Waals surface area contributed by atoms with Gasteiger partial charge in [-0.1, -0.05) is 12.1 Å². The van der Waals surface area contributed by atoms with Crippen LogP contribution in [0.4, 0.5) is 13.2 Å². The average molecular weight is 558 g/mol. The summed E-state index contributed by atoms with van der Waals surface area (Å²) in [6.07, 6.45) is 1.83. The van der Waals surface area contributed by atoms with Gasteiger partial charge in [-0.05, 0) is 43.9 Å². The van der Waals surface area contributed by atoms with Crippen LogP contribution in [0.2, 0.25) is 0 Å². The zero-order chi connectivity index (χ0) is 28.2. The van der Waals surface area contributed by atoms with Crippen LogP contribution in [0.25, 0.3) is 56.2 Å². The molecular formula is C29H26F3N9. The number of alkyl halides is 3. The molecule has 8 rings (SSSR count). The molecule has 2 aliphatic rings. The van der Waals surface area contributed by atoms with Gasteiger partial charge < -0.3 is 9.55 Å². The number of nitrogens with zero attached hydrogens (tertiary/aromatic N) is 8. The average Bonchev–Trinajstić information content (AvgIpc) is 3.79. The van der Waals surface area contributed by atoms with Crippen LogP contribution < -0.4 is 0 Å². The Hall–Kier alpha value is -4.48. The second-order valence-corrected chi connectivity index (χ2v) is 11.2. The SMILES string of the molecule is Cn1cc2cc(-c3nc(-c4cccc5[nH]c(-c6cc(C(F)(F)F)n(C)n6)nc45)c(C4CC4)n3C)c(C3CC3)nc2n1. The van der Waals surface area contributed by atoms with Crippen molar-refractivity contribution in [1.82, 2.24) is 44.1 Å². The van der Waals surface area contributed by atoms with E-state index in [4.69, 9.17) is 15.0 Å². The molecular weight excluding hydrogens is 531 g/mol. The highest BCUT2D eigenvalue weighted by molar-refractivity contribution is 5.94. The number of aryl methyl sites for hydroxylation is 2. The van der Waals surface area contributed by atoms with Crippen LogP contribution >= 0.6 is 0 Å². The van der Waals surface area contributed by atoms with Crippen molar-refractivity contribution in [2.75, 3.05) is 0 Å². The van der Waals surface area contributed by atoms with Crippen LogP contribution in [-0.4, -0.2) is 44.1 Å². The number of para-hydroxylation sites is 1. The van der Waals surface area contributed by atoms with Crippen molar-refractivity contribution in [1.29, 1.82) is 0 Å². The van der Waals surface area contributed by atoms with Crippen molar-refractivity contribution in [3.8, 4) is 34.2 Å². The van der Waals surface area contributed by atoms with Crippen molar-refractivity contribution in [3.05, 3.63) is 53.6 Å². The predicted molar refractivity (Wildman–Crippen MR) is 147 cm³/mol. The van der Waals surface area contributed by atoms with E-state index < -0.39 is 11.9 Å². The van der Waals surface area contributed by atoms with E-state index in [1.54, 1.807) is 4.68 Å². The maximum atomic E-state index is 13.4. The van der Waals surface area contributed by atoms with Crippen LogP contribution in [0.3, 0.4) is 0 Å². The molecule has 0 radical (unpaired) electrons. The molecule has 0 saturated heterocycles. The predicted octanol–water partition coefficient (Wildman–Crippen LogP) is 6.09. The van der Waals surface area contributed by atoms with E-state index in [1.165, 1.54) is 7.05 Å². The van der Waals surface area contributed by atoms with Crippen molar-refractivity contribution in [2.45, 2.75) is 43.7 Å². The van der Waals surface area contributed by atoms with Gasteiger partial charge in [-0.25, -0.2) is 15.0 Å². The maximum Gasteiger partial charge on any atom is 0.433 e. The molecule has 0 unspecified atom stereocenters. The number of fused-ring (bicyclic) bond motifs is 2. The van der Waals surface area contributed by atoms with Gasteiger partial charge in [0.15, 0.2) is 11.5 Å². The van der Waals surface area contributed by atoms with Gasteiger partial charge in [-0.15, -0.1) is 0 Å². The first-order valence-corrected chi connectivity index (χ1v) is 13.7. The van der Waals surface area contributed by atoms with Crippen LogP contribution in [0, 0.1) is 0 Å². The lowest BCUT2D eigenvalue weighted by Crippen LogP contribution is -2.11. The first-order valence-electron chi connectivity index (χ1n) is 13.7. The minimum absolute atomic E-state index is 0.135. The highest BCUT2D eigenvalue weighted by atomic mass is 19.4. The molecule has 2 aliphatic carbocycles. The molecule has 0 bridgehead atoms. The monoisotopic (exact) mass is 557 g/mol. The van der Waals surface area contributed by atoms with Gasteiger partial charge in [0.05, 0.1) is 22.4 Å². The number of hydrogen-bond donors (Lipinski definition) is 1. The molecule has 0 amide bonds.